The number of sulfonamides is 1. The van der Waals surface area contributed by atoms with Crippen LogP contribution in [0.25, 0.3) is 0 Å². The fraction of sp³-hybridized carbons (Fsp3) is 0.143. The minimum Gasteiger partial charge on any atom is -0.507 e. The Hall–Kier alpha value is -3.28. The quantitative estimate of drug-likeness (QED) is 0.308. The summed E-state index contributed by atoms with van der Waals surface area (Å²) in [6.07, 6.45) is 0. The number of methoxy groups -OCH3 is 1. The fourth-order valence-electron chi connectivity index (χ4n) is 2.71. The first kappa shape index (κ1) is 24.4. The van der Waals surface area contributed by atoms with Crippen LogP contribution >= 0.6 is 22.9 Å². The van der Waals surface area contributed by atoms with Gasteiger partial charge in [0.05, 0.1) is 12.8 Å². The highest BCUT2D eigenvalue weighted by Crippen LogP contribution is 2.31. The summed E-state index contributed by atoms with van der Waals surface area (Å²) in [5.74, 6) is -1.78. The van der Waals surface area contributed by atoms with Crippen LogP contribution in [0.15, 0.2) is 52.1 Å². The molecular weight excluding hydrogens is 492 g/mol. The van der Waals surface area contributed by atoms with Crippen LogP contribution in [0, 0.1) is 6.92 Å². The van der Waals surface area contributed by atoms with Crippen molar-refractivity contribution in [1.29, 1.82) is 0 Å². The predicted molar refractivity (Wildman–Crippen MR) is 125 cm³/mol. The molecule has 33 heavy (non-hydrogen) atoms. The molecular formula is C21H19ClN2O7S2. The van der Waals surface area contributed by atoms with Crippen LogP contribution in [0.3, 0.4) is 0 Å². The molecule has 3 rings (SSSR count). The van der Waals surface area contributed by atoms with Gasteiger partial charge in [0, 0.05) is 16.8 Å². The van der Waals surface area contributed by atoms with Gasteiger partial charge in [-0.25, -0.2) is 13.2 Å². The molecule has 2 aromatic carbocycles. The molecule has 9 nitrogen and oxygen atoms in total. The molecule has 0 aliphatic rings. The summed E-state index contributed by atoms with van der Waals surface area (Å²) in [6.45, 7) is 1.09. The summed E-state index contributed by atoms with van der Waals surface area (Å²) >= 11 is 7.07. The molecule has 0 saturated heterocycles. The first-order valence-corrected chi connectivity index (χ1v) is 12.0. The zero-order valence-electron chi connectivity index (χ0n) is 17.4. The molecule has 1 aromatic heterocycles. The number of rotatable bonds is 8. The molecule has 0 saturated carbocycles. The second-order valence-electron chi connectivity index (χ2n) is 6.70. The number of carbonyl (C=O) groups excluding carboxylic acids is 2. The molecule has 1 heterocycles. The number of carbonyl (C=O) groups is 2. The molecule has 0 unspecified atom stereocenters. The standard InChI is InChI=1S/C21H19ClN2O7S2/c1-12-8-16(18(30-2)10-15(12)22)23-19(26)11-31-21(27)14-9-13(5-6-17(14)25)24-33(28,29)20-4-3-7-32-20/h3-10,24-25H,11H2,1-2H3,(H,23,26). The van der Waals surface area contributed by atoms with Gasteiger partial charge in [-0.3, -0.25) is 9.52 Å². The van der Waals surface area contributed by atoms with E-state index < -0.39 is 34.3 Å². The Bertz CT molecular complexity index is 1290. The van der Waals surface area contributed by atoms with E-state index in [9.17, 15) is 23.1 Å². The summed E-state index contributed by atoms with van der Waals surface area (Å²) in [5.41, 5.74) is 0.776. The molecule has 0 aliphatic carbocycles. The van der Waals surface area contributed by atoms with Crippen molar-refractivity contribution in [1.82, 2.24) is 0 Å². The Morgan fingerprint density at radius 2 is 1.94 bits per heavy atom. The molecule has 1 amide bonds. The maximum absolute atomic E-state index is 12.4. The van der Waals surface area contributed by atoms with E-state index in [1.165, 1.54) is 19.2 Å². The number of benzene rings is 2. The van der Waals surface area contributed by atoms with E-state index in [4.69, 9.17) is 21.1 Å². The SMILES string of the molecule is COc1cc(Cl)c(C)cc1NC(=O)COC(=O)c1cc(NS(=O)(=O)c2cccs2)ccc1O. The van der Waals surface area contributed by atoms with Crippen molar-refractivity contribution < 1.29 is 32.6 Å². The van der Waals surface area contributed by atoms with Crippen molar-refractivity contribution in [2.45, 2.75) is 11.1 Å². The van der Waals surface area contributed by atoms with Crippen LogP contribution in [0.5, 0.6) is 11.5 Å². The van der Waals surface area contributed by atoms with E-state index in [2.05, 4.69) is 10.0 Å². The number of amides is 1. The summed E-state index contributed by atoms with van der Waals surface area (Å²) in [5, 5.41) is 14.6. The number of aryl methyl sites for hydroxylation is 1. The molecule has 174 valence electrons. The van der Waals surface area contributed by atoms with Gasteiger partial charge in [0.15, 0.2) is 6.61 Å². The van der Waals surface area contributed by atoms with Crippen molar-refractivity contribution in [2.75, 3.05) is 23.8 Å². The molecule has 12 heteroatoms. The van der Waals surface area contributed by atoms with Crippen LogP contribution in [0.4, 0.5) is 11.4 Å². The number of anilines is 2. The number of phenolic OH excluding ortho intramolecular Hbond substituents is 1. The summed E-state index contributed by atoms with van der Waals surface area (Å²) in [4.78, 5) is 24.7. The largest absolute Gasteiger partial charge is 0.507 e. The number of hydrogen-bond acceptors (Lipinski definition) is 8. The second-order valence-corrected chi connectivity index (χ2v) is 9.96. The zero-order valence-corrected chi connectivity index (χ0v) is 19.8. The summed E-state index contributed by atoms with van der Waals surface area (Å²) in [6, 6.07) is 9.72. The van der Waals surface area contributed by atoms with Crippen LogP contribution in [-0.4, -0.2) is 39.1 Å². The molecule has 0 bridgehead atoms. The van der Waals surface area contributed by atoms with Gasteiger partial charge in [-0.15, -0.1) is 11.3 Å². The highest BCUT2D eigenvalue weighted by molar-refractivity contribution is 7.94. The lowest BCUT2D eigenvalue weighted by Crippen LogP contribution is -2.21. The van der Waals surface area contributed by atoms with Crippen LogP contribution in [-0.2, 0) is 19.6 Å². The van der Waals surface area contributed by atoms with Gasteiger partial charge >= 0.3 is 5.97 Å². The van der Waals surface area contributed by atoms with Crippen molar-refractivity contribution in [3.8, 4) is 11.5 Å². The number of hydrogen-bond donors (Lipinski definition) is 3. The average Bonchev–Trinajstić information content (AvgIpc) is 3.32. The normalized spacial score (nSPS) is 11.0. The van der Waals surface area contributed by atoms with Crippen molar-refractivity contribution in [2.24, 2.45) is 0 Å². The third kappa shape index (κ3) is 5.95. The fourth-order valence-corrected chi connectivity index (χ4v) is 4.91. The number of nitrogens with one attached hydrogen (secondary N) is 2. The van der Waals surface area contributed by atoms with E-state index in [0.717, 1.165) is 23.5 Å². The van der Waals surface area contributed by atoms with E-state index >= 15 is 0 Å². The Morgan fingerprint density at radius 1 is 1.18 bits per heavy atom. The molecule has 0 spiro atoms. The van der Waals surface area contributed by atoms with Gasteiger partial charge < -0.3 is 19.9 Å². The Kier molecular flexibility index (Phi) is 7.46. The van der Waals surface area contributed by atoms with Gasteiger partial charge in [0.25, 0.3) is 15.9 Å². The number of esters is 1. The topological polar surface area (TPSA) is 131 Å². The Balaban J connectivity index is 1.67. The molecule has 0 atom stereocenters. The van der Waals surface area contributed by atoms with Crippen molar-refractivity contribution in [3.63, 3.8) is 0 Å². The highest BCUT2D eigenvalue weighted by atomic mass is 35.5. The lowest BCUT2D eigenvalue weighted by molar-refractivity contribution is -0.119. The number of aromatic hydroxyl groups is 1. The smallest absolute Gasteiger partial charge is 0.342 e. The highest BCUT2D eigenvalue weighted by Gasteiger charge is 2.20. The van der Waals surface area contributed by atoms with E-state index in [1.807, 2.05) is 0 Å². The van der Waals surface area contributed by atoms with Crippen molar-refractivity contribution in [3.05, 3.63) is 64.0 Å². The number of thiophene rings is 1. The van der Waals surface area contributed by atoms with Crippen LogP contribution in [0.1, 0.15) is 15.9 Å². The third-order valence-corrected chi connectivity index (χ3v) is 7.50. The molecule has 3 aromatic rings. The van der Waals surface area contributed by atoms with Crippen LogP contribution in [0.2, 0.25) is 5.02 Å². The van der Waals surface area contributed by atoms with E-state index in [-0.39, 0.29) is 15.5 Å². The summed E-state index contributed by atoms with van der Waals surface area (Å²) in [7, 11) is -2.43. The molecule has 0 aliphatic heterocycles. The van der Waals surface area contributed by atoms with Gasteiger partial charge in [-0.1, -0.05) is 17.7 Å². The first-order chi connectivity index (χ1) is 15.6. The lowest BCUT2D eigenvalue weighted by atomic mass is 10.2. The van der Waals surface area contributed by atoms with Crippen molar-refractivity contribution >= 4 is 56.2 Å². The predicted octanol–water partition coefficient (Wildman–Crippen LogP) is 4.02. The van der Waals surface area contributed by atoms with Gasteiger partial charge in [-0.2, -0.15) is 0 Å². The number of ether oxygens (including phenoxy) is 2. The van der Waals surface area contributed by atoms with Crippen LogP contribution < -0.4 is 14.8 Å². The van der Waals surface area contributed by atoms with E-state index in [1.54, 1.807) is 30.5 Å². The maximum atomic E-state index is 12.4. The van der Waals surface area contributed by atoms with E-state index in [0.29, 0.717) is 22.0 Å². The Labute approximate surface area is 199 Å². The number of phenols is 1. The van der Waals surface area contributed by atoms with Gasteiger partial charge in [0.1, 0.15) is 21.3 Å². The number of halogens is 1. The molecule has 0 fully saturated rings. The minimum atomic E-state index is -3.85. The minimum absolute atomic E-state index is 0.0407. The Morgan fingerprint density at radius 3 is 2.61 bits per heavy atom. The second kappa shape index (κ2) is 10.1. The maximum Gasteiger partial charge on any atom is 0.342 e. The summed E-state index contributed by atoms with van der Waals surface area (Å²) < 4.78 is 37.3. The third-order valence-electron chi connectivity index (χ3n) is 4.32. The average molecular weight is 511 g/mol. The monoisotopic (exact) mass is 510 g/mol. The molecule has 3 N–H and O–H groups in total. The lowest BCUT2D eigenvalue weighted by Gasteiger charge is -2.13. The molecule has 0 radical (unpaired) electrons. The first-order valence-electron chi connectivity index (χ1n) is 9.31. The van der Waals surface area contributed by atoms with Gasteiger partial charge in [-0.05, 0) is 48.2 Å². The van der Waals surface area contributed by atoms with Gasteiger partial charge in [0.2, 0.25) is 0 Å². The zero-order chi connectivity index (χ0) is 24.2.